The van der Waals surface area contributed by atoms with E-state index in [1.54, 1.807) is 0 Å². The third kappa shape index (κ3) is 1.64. The van der Waals surface area contributed by atoms with Crippen LogP contribution in [0.15, 0.2) is 0 Å². The fraction of sp³-hybridized carbons (Fsp3) is 1.00. The van der Waals surface area contributed by atoms with E-state index in [-0.39, 0.29) is 0 Å². The van der Waals surface area contributed by atoms with Gasteiger partial charge in [0.15, 0.2) is 0 Å². The van der Waals surface area contributed by atoms with Crippen LogP contribution in [0, 0.1) is 30.3 Å². The highest BCUT2D eigenvalue weighted by Crippen LogP contribution is 2.16. The van der Waals surface area contributed by atoms with Gasteiger partial charge in [-0.3, -0.25) is 35.4 Å². The summed E-state index contributed by atoms with van der Waals surface area (Å²) in [5.74, 6) is -4.44. The molecule has 0 aromatic heterocycles. The van der Waals surface area contributed by atoms with Crippen molar-refractivity contribution in [3.63, 3.8) is 0 Å². The quantitative estimate of drug-likeness (QED) is 0.257. The summed E-state index contributed by atoms with van der Waals surface area (Å²) in [4.78, 5) is 23.0. The Hall–Kier alpha value is -1.91. The SMILES string of the molecule is O=[N+]([O-])C(F)C(O)([N+](=O)[O-])[N+](=O)[O-]. The molecule has 0 saturated carbocycles. The van der Waals surface area contributed by atoms with E-state index >= 15 is 0 Å². The van der Waals surface area contributed by atoms with Gasteiger partial charge < -0.3 is 0 Å². The first-order valence-electron chi connectivity index (χ1n) is 2.53. The van der Waals surface area contributed by atoms with Crippen molar-refractivity contribution in [1.29, 1.82) is 0 Å². The molecule has 10 nitrogen and oxygen atoms in total. The number of aliphatic hydroxyl groups is 1. The minimum absolute atomic E-state index is 1.97. The van der Waals surface area contributed by atoms with Crippen LogP contribution < -0.4 is 0 Å². The van der Waals surface area contributed by atoms with Gasteiger partial charge in [0.1, 0.15) is 9.85 Å². The highest BCUT2D eigenvalue weighted by molar-refractivity contribution is 4.53. The molecular weight excluding hydrogens is 197 g/mol. The van der Waals surface area contributed by atoms with E-state index in [2.05, 4.69) is 0 Å². The number of alkyl halides is 1. The lowest BCUT2D eigenvalue weighted by Crippen LogP contribution is -2.56. The fourth-order valence-electron chi connectivity index (χ4n) is 0.382. The van der Waals surface area contributed by atoms with Gasteiger partial charge in [0.05, 0.1) is 4.92 Å². The molecule has 0 amide bonds. The van der Waals surface area contributed by atoms with Crippen LogP contribution in [0.25, 0.3) is 0 Å². The molecule has 13 heavy (non-hydrogen) atoms. The zero-order chi connectivity index (χ0) is 10.8. The van der Waals surface area contributed by atoms with Crippen LogP contribution in [-0.2, 0) is 0 Å². The predicted molar refractivity (Wildman–Crippen MR) is 30.8 cm³/mol. The van der Waals surface area contributed by atoms with Gasteiger partial charge >= 0.3 is 12.1 Å². The first kappa shape index (κ1) is 11.1. The molecule has 0 fully saturated rings. The summed E-state index contributed by atoms with van der Waals surface area (Å²) in [6.45, 7) is 0. The number of rotatable bonds is 4. The average Bonchev–Trinajstić information content (AvgIpc) is 2.00. The molecule has 74 valence electrons. The number of halogens is 1. The van der Waals surface area contributed by atoms with Crippen LogP contribution >= 0.6 is 0 Å². The summed E-state index contributed by atoms with van der Waals surface area (Å²) in [5, 5.41) is 37.6. The molecule has 0 heterocycles. The zero-order valence-electron chi connectivity index (χ0n) is 5.69. The van der Waals surface area contributed by atoms with Crippen molar-refractivity contribution in [1.82, 2.24) is 0 Å². The Morgan fingerprint density at radius 1 is 1.15 bits per heavy atom. The summed E-state index contributed by atoms with van der Waals surface area (Å²) in [6, 6.07) is 0. The van der Waals surface area contributed by atoms with Crippen LogP contribution in [0.5, 0.6) is 0 Å². The molecule has 0 aliphatic carbocycles. The first-order chi connectivity index (χ1) is 5.74. The molecule has 11 heteroatoms. The molecule has 0 saturated heterocycles. The molecule has 0 aromatic rings. The van der Waals surface area contributed by atoms with Gasteiger partial charge in [0.25, 0.3) is 0 Å². The Morgan fingerprint density at radius 2 is 1.46 bits per heavy atom. The summed E-state index contributed by atoms with van der Waals surface area (Å²) in [6.07, 6.45) is -3.82. The third-order valence-corrected chi connectivity index (χ3v) is 1.04. The predicted octanol–water partition coefficient (Wildman–Crippen LogP) is -1.24. The maximum absolute atomic E-state index is 12.2. The van der Waals surface area contributed by atoms with Gasteiger partial charge in [-0.1, -0.05) is 0 Å². The zero-order valence-corrected chi connectivity index (χ0v) is 5.69. The summed E-state index contributed by atoms with van der Waals surface area (Å²) in [5.41, 5.74) is 0. The smallest absolute Gasteiger partial charge is 0.261 e. The number of hydrogen-bond acceptors (Lipinski definition) is 7. The van der Waals surface area contributed by atoms with Gasteiger partial charge in [0.2, 0.25) is 0 Å². The van der Waals surface area contributed by atoms with Gasteiger partial charge in [-0.2, -0.15) is 4.39 Å². The monoisotopic (exact) mass is 199 g/mol. The van der Waals surface area contributed by atoms with Gasteiger partial charge in [-0.15, -0.1) is 0 Å². The molecule has 0 aliphatic heterocycles. The second-order valence-electron chi connectivity index (χ2n) is 1.82. The molecule has 0 rings (SSSR count). The van der Waals surface area contributed by atoms with E-state index < -0.39 is 26.9 Å². The number of hydrogen-bond donors (Lipinski definition) is 1. The van der Waals surface area contributed by atoms with E-state index in [9.17, 15) is 34.7 Å². The molecule has 1 N–H and O–H groups in total. The Kier molecular flexibility index (Phi) is 2.75. The molecule has 0 bridgehead atoms. The van der Waals surface area contributed by atoms with Crippen LogP contribution in [0.4, 0.5) is 4.39 Å². The molecule has 1 unspecified atom stereocenters. The van der Waals surface area contributed by atoms with Crippen molar-refractivity contribution in [2.45, 2.75) is 12.1 Å². The lowest BCUT2D eigenvalue weighted by molar-refractivity contribution is -0.890. The van der Waals surface area contributed by atoms with Crippen molar-refractivity contribution in [3.8, 4) is 0 Å². The second kappa shape index (κ2) is 3.22. The van der Waals surface area contributed by atoms with E-state index in [1.165, 1.54) is 0 Å². The normalized spacial score (nSPS) is 13.4. The van der Waals surface area contributed by atoms with Gasteiger partial charge in [-0.25, -0.2) is 0 Å². The molecule has 0 aliphatic rings. The van der Waals surface area contributed by atoms with Gasteiger partial charge in [0, 0.05) is 0 Å². The highest BCUT2D eigenvalue weighted by Gasteiger charge is 2.72. The number of nitro groups is 3. The van der Waals surface area contributed by atoms with Crippen molar-refractivity contribution in [2.24, 2.45) is 0 Å². The average molecular weight is 199 g/mol. The van der Waals surface area contributed by atoms with Crippen molar-refractivity contribution < 1.29 is 24.3 Å². The van der Waals surface area contributed by atoms with Crippen molar-refractivity contribution in [2.75, 3.05) is 0 Å². The molecule has 0 radical (unpaired) electrons. The minimum atomic E-state index is -4.44. The van der Waals surface area contributed by atoms with Gasteiger partial charge in [-0.05, 0) is 0 Å². The minimum Gasteiger partial charge on any atom is -0.261 e. The van der Waals surface area contributed by atoms with Crippen molar-refractivity contribution >= 4 is 0 Å². The van der Waals surface area contributed by atoms with Crippen LogP contribution in [-0.4, -0.2) is 32.0 Å². The Bertz CT molecular complexity index is 250. The molecule has 0 aromatic carbocycles. The van der Waals surface area contributed by atoms with E-state index in [0.29, 0.717) is 0 Å². The Morgan fingerprint density at radius 3 is 1.54 bits per heavy atom. The molecule has 1 atom stereocenters. The van der Waals surface area contributed by atoms with Crippen LogP contribution in [0.1, 0.15) is 0 Å². The second-order valence-corrected chi connectivity index (χ2v) is 1.82. The van der Waals surface area contributed by atoms with E-state index in [4.69, 9.17) is 5.11 Å². The lowest BCUT2D eigenvalue weighted by Gasteiger charge is -2.07. The maximum atomic E-state index is 12.2. The van der Waals surface area contributed by atoms with Crippen LogP contribution in [0.3, 0.4) is 0 Å². The largest absolute Gasteiger partial charge is 0.676 e. The lowest BCUT2D eigenvalue weighted by atomic mass is 10.4. The summed E-state index contributed by atoms with van der Waals surface area (Å²) >= 11 is 0. The first-order valence-corrected chi connectivity index (χ1v) is 2.53. The van der Waals surface area contributed by atoms with E-state index in [0.717, 1.165) is 0 Å². The Labute approximate surface area is 68.0 Å². The van der Waals surface area contributed by atoms with E-state index in [1.807, 2.05) is 0 Å². The summed E-state index contributed by atoms with van der Waals surface area (Å²) in [7, 11) is 0. The maximum Gasteiger partial charge on any atom is 0.676 e. The Balaban J connectivity index is 5.13. The third-order valence-electron chi connectivity index (χ3n) is 1.04. The van der Waals surface area contributed by atoms with Crippen molar-refractivity contribution in [3.05, 3.63) is 30.3 Å². The molecular formula is C2H2FN3O7. The number of nitrogens with zero attached hydrogens (tertiary/aromatic N) is 3. The fourth-order valence-corrected chi connectivity index (χ4v) is 0.382. The standard InChI is InChI=1S/C2H2FN3O7/c3-1(4(8)9)2(7,5(10)11)6(12)13/h1,7H. The topological polar surface area (TPSA) is 150 Å². The summed E-state index contributed by atoms with van der Waals surface area (Å²) < 4.78 is 12.2. The van der Waals surface area contributed by atoms with Crippen LogP contribution in [0.2, 0.25) is 0 Å². The highest BCUT2D eigenvalue weighted by atomic mass is 19.1. The molecule has 0 spiro atoms.